The van der Waals surface area contributed by atoms with Crippen molar-refractivity contribution in [3.8, 4) is 5.75 Å². The van der Waals surface area contributed by atoms with E-state index in [0.717, 1.165) is 6.26 Å². The standard InChI is InChI=1S/C17H21NO8S/c1-10-13(6-5-7-15(10)25-11(2)19)17-18-14(8-23-17)16(26-12(3)20)9-24-27(4,21)22/h5-7,14,16H,8-9H2,1-4H3. The maximum Gasteiger partial charge on any atom is 0.308 e. The van der Waals surface area contributed by atoms with Gasteiger partial charge in [-0.05, 0) is 19.1 Å². The molecule has 148 valence electrons. The summed E-state index contributed by atoms with van der Waals surface area (Å²) < 4.78 is 43.1. The van der Waals surface area contributed by atoms with Gasteiger partial charge in [-0.3, -0.25) is 13.8 Å². The van der Waals surface area contributed by atoms with E-state index in [1.54, 1.807) is 25.1 Å². The fourth-order valence-electron chi connectivity index (χ4n) is 2.47. The molecule has 1 aromatic carbocycles. The molecule has 2 rings (SSSR count). The molecule has 2 unspecified atom stereocenters. The molecule has 1 aliphatic rings. The lowest BCUT2D eigenvalue weighted by atomic mass is 10.1. The van der Waals surface area contributed by atoms with E-state index in [2.05, 4.69) is 4.99 Å². The summed E-state index contributed by atoms with van der Waals surface area (Å²) in [5.74, 6) is -0.376. The normalized spacial score (nSPS) is 17.6. The monoisotopic (exact) mass is 399 g/mol. The zero-order valence-electron chi connectivity index (χ0n) is 15.4. The van der Waals surface area contributed by atoms with Crippen LogP contribution in [0.25, 0.3) is 0 Å². The number of esters is 2. The quantitative estimate of drug-likeness (QED) is 0.378. The third-order valence-corrected chi connectivity index (χ3v) is 4.20. The van der Waals surface area contributed by atoms with E-state index in [1.807, 2.05) is 0 Å². The maximum absolute atomic E-state index is 11.3. The average molecular weight is 399 g/mol. The molecule has 1 aromatic rings. The molecule has 1 heterocycles. The third kappa shape index (κ3) is 6.04. The minimum absolute atomic E-state index is 0.0810. The van der Waals surface area contributed by atoms with E-state index in [-0.39, 0.29) is 19.1 Å². The lowest BCUT2D eigenvalue weighted by molar-refractivity contribution is -0.149. The van der Waals surface area contributed by atoms with Gasteiger partial charge in [0.2, 0.25) is 5.90 Å². The summed E-state index contributed by atoms with van der Waals surface area (Å²) in [5, 5.41) is 0. The minimum Gasteiger partial charge on any atom is -0.475 e. The van der Waals surface area contributed by atoms with Crippen molar-refractivity contribution in [3.63, 3.8) is 0 Å². The summed E-state index contributed by atoms with van der Waals surface area (Å²) >= 11 is 0. The van der Waals surface area contributed by atoms with Gasteiger partial charge in [-0.1, -0.05) is 6.07 Å². The van der Waals surface area contributed by atoms with Crippen molar-refractivity contribution >= 4 is 28.0 Å². The van der Waals surface area contributed by atoms with Crippen LogP contribution in [0.1, 0.15) is 25.0 Å². The van der Waals surface area contributed by atoms with Crippen LogP contribution in [0.4, 0.5) is 0 Å². The summed E-state index contributed by atoms with van der Waals surface area (Å²) in [6, 6.07) is 4.45. The first kappa shape index (κ1) is 20.8. The Morgan fingerprint density at radius 1 is 1.30 bits per heavy atom. The molecule has 0 aromatic heterocycles. The smallest absolute Gasteiger partial charge is 0.308 e. The van der Waals surface area contributed by atoms with Gasteiger partial charge in [0.15, 0.2) is 6.10 Å². The molecule has 0 spiro atoms. The lowest BCUT2D eigenvalue weighted by Crippen LogP contribution is -2.35. The van der Waals surface area contributed by atoms with E-state index >= 15 is 0 Å². The highest BCUT2D eigenvalue weighted by molar-refractivity contribution is 7.85. The number of nitrogens with zero attached hydrogens (tertiary/aromatic N) is 1. The number of rotatable bonds is 7. The Kier molecular flexibility index (Phi) is 6.55. The topological polar surface area (TPSA) is 118 Å². The Balaban J connectivity index is 2.24. The van der Waals surface area contributed by atoms with Gasteiger partial charge in [-0.2, -0.15) is 8.42 Å². The second-order valence-electron chi connectivity index (χ2n) is 5.97. The van der Waals surface area contributed by atoms with Crippen molar-refractivity contribution in [2.24, 2.45) is 4.99 Å². The van der Waals surface area contributed by atoms with E-state index in [0.29, 0.717) is 16.9 Å². The molecule has 0 radical (unpaired) electrons. The molecule has 0 amide bonds. The van der Waals surface area contributed by atoms with Gasteiger partial charge in [0.1, 0.15) is 25.0 Å². The maximum atomic E-state index is 11.3. The van der Waals surface area contributed by atoms with E-state index in [9.17, 15) is 18.0 Å². The zero-order chi connectivity index (χ0) is 20.2. The minimum atomic E-state index is -3.70. The summed E-state index contributed by atoms with van der Waals surface area (Å²) in [7, 11) is -3.70. The highest BCUT2D eigenvalue weighted by Gasteiger charge is 2.32. The van der Waals surface area contributed by atoms with Gasteiger partial charge in [-0.25, -0.2) is 4.99 Å². The molecular formula is C17H21NO8S. The van der Waals surface area contributed by atoms with Crippen molar-refractivity contribution in [3.05, 3.63) is 29.3 Å². The molecule has 0 N–H and O–H groups in total. The van der Waals surface area contributed by atoms with Crippen molar-refractivity contribution in [1.82, 2.24) is 0 Å². The number of benzene rings is 1. The molecule has 0 aliphatic carbocycles. The molecule has 0 fully saturated rings. The molecule has 0 saturated heterocycles. The van der Waals surface area contributed by atoms with Gasteiger partial charge < -0.3 is 14.2 Å². The van der Waals surface area contributed by atoms with Crippen molar-refractivity contribution in [2.75, 3.05) is 19.5 Å². The van der Waals surface area contributed by atoms with E-state index in [4.69, 9.17) is 18.4 Å². The summed E-state index contributed by atoms with van der Waals surface area (Å²) in [6.45, 7) is 3.98. The van der Waals surface area contributed by atoms with Gasteiger partial charge >= 0.3 is 11.9 Å². The fraction of sp³-hybridized carbons (Fsp3) is 0.471. The fourth-order valence-corrected chi connectivity index (χ4v) is 2.85. The van der Waals surface area contributed by atoms with Crippen molar-refractivity contribution < 1.29 is 36.4 Å². The first-order valence-corrected chi connectivity index (χ1v) is 9.89. The van der Waals surface area contributed by atoms with Crippen molar-refractivity contribution in [1.29, 1.82) is 0 Å². The van der Waals surface area contributed by atoms with Crippen LogP contribution in [0.15, 0.2) is 23.2 Å². The SMILES string of the molecule is CC(=O)Oc1cccc(C2=NC(C(COS(C)(=O)=O)OC(C)=O)CO2)c1C. The second-order valence-corrected chi connectivity index (χ2v) is 7.62. The van der Waals surface area contributed by atoms with Crippen LogP contribution < -0.4 is 4.74 Å². The number of hydrogen-bond acceptors (Lipinski definition) is 9. The van der Waals surface area contributed by atoms with Gasteiger partial charge in [0.25, 0.3) is 10.1 Å². The van der Waals surface area contributed by atoms with Crippen LogP contribution in [-0.4, -0.2) is 57.9 Å². The van der Waals surface area contributed by atoms with Gasteiger partial charge in [0.05, 0.1) is 6.26 Å². The zero-order valence-corrected chi connectivity index (χ0v) is 16.2. The Bertz CT molecular complexity index is 862. The Morgan fingerprint density at radius 2 is 2.00 bits per heavy atom. The van der Waals surface area contributed by atoms with E-state index in [1.165, 1.54) is 13.8 Å². The van der Waals surface area contributed by atoms with Crippen LogP contribution in [0, 0.1) is 6.92 Å². The molecule has 2 atom stereocenters. The summed E-state index contributed by atoms with van der Waals surface area (Å²) in [4.78, 5) is 26.9. The molecule has 1 aliphatic heterocycles. The molecule has 0 bridgehead atoms. The number of aliphatic imine (C=N–C) groups is 1. The van der Waals surface area contributed by atoms with Crippen LogP contribution >= 0.6 is 0 Å². The first-order chi connectivity index (χ1) is 12.6. The van der Waals surface area contributed by atoms with Crippen LogP contribution in [0.5, 0.6) is 5.75 Å². The Morgan fingerprint density at radius 3 is 2.59 bits per heavy atom. The van der Waals surface area contributed by atoms with E-state index < -0.39 is 34.2 Å². The van der Waals surface area contributed by atoms with Gasteiger partial charge in [-0.15, -0.1) is 0 Å². The predicted molar refractivity (Wildman–Crippen MR) is 95.1 cm³/mol. The number of carbonyl (C=O) groups is 2. The summed E-state index contributed by atoms with van der Waals surface area (Å²) in [6.07, 6.45) is -0.0200. The Hall–Kier alpha value is -2.46. The molecular weight excluding hydrogens is 378 g/mol. The highest BCUT2D eigenvalue weighted by atomic mass is 32.2. The van der Waals surface area contributed by atoms with Crippen LogP contribution in [0.2, 0.25) is 0 Å². The third-order valence-electron chi connectivity index (χ3n) is 3.63. The van der Waals surface area contributed by atoms with Crippen LogP contribution in [0.3, 0.4) is 0 Å². The number of hydrogen-bond donors (Lipinski definition) is 0. The number of ether oxygens (including phenoxy) is 3. The van der Waals surface area contributed by atoms with Gasteiger partial charge in [0, 0.05) is 25.0 Å². The first-order valence-electron chi connectivity index (χ1n) is 8.07. The Labute approximate surface area is 157 Å². The van der Waals surface area contributed by atoms with Crippen molar-refractivity contribution in [2.45, 2.75) is 32.9 Å². The molecule has 27 heavy (non-hydrogen) atoms. The largest absolute Gasteiger partial charge is 0.475 e. The van der Waals surface area contributed by atoms with Crippen LogP contribution in [-0.2, 0) is 33.4 Å². The molecule has 0 saturated carbocycles. The number of carbonyl (C=O) groups excluding carboxylic acids is 2. The average Bonchev–Trinajstić information content (AvgIpc) is 3.01. The predicted octanol–water partition coefficient (Wildman–Crippen LogP) is 0.974. The summed E-state index contributed by atoms with van der Waals surface area (Å²) in [5.41, 5.74) is 1.27. The highest BCUT2D eigenvalue weighted by Crippen LogP contribution is 2.25. The lowest BCUT2D eigenvalue weighted by Gasteiger charge is -2.19. The molecule has 9 nitrogen and oxygen atoms in total. The molecule has 10 heteroatoms. The second kappa shape index (κ2) is 8.49.